The summed E-state index contributed by atoms with van der Waals surface area (Å²) < 4.78 is 24.7. The van der Waals surface area contributed by atoms with Crippen LogP contribution in [-0.4, -0.2) is 50.1 Å². The van der Waals surface area contributed by atoms with Crippen LogP contribution in [0.3, 0.4) is 0 Å². The van der Waals surface area contributed by atoms with Crippen LogP contribution in [0.25, 0.3) is 0 Å². The number of hydrogen-bond acceptors (Lipinski definition) is 5. The monoisotopic (exact) mass is 294 g/mol. The Balaban J connectivity index is 2.16. The van der Waals surface area contributed by atoms with Crippen molar-refractivity contribution < 1.29 is 8.42 Å². The van der Waals surface area contributed by atoms with Crippen LogP contribution in [0.2, 0.25) is 0 Å². The Kier molecular flexibility index (Phi) is 4.26. The molecule has 1 fully saturated rings. The summed E-state index contributed by atoms with van der Waals surface area (Å²) in [6.07, 6.45) is 2.97. The van der Waals surface area contributed by atoms with Crippen molar-refractivity contribution in [2.24, 2.45) is 0 Å². The molecule has 6 nitrogen and oxygen atoms in total. The van der Waals surface area contributed by atoms with Crippen molar-refractivity contribution in [1.82, 2.24) is 9.29 Å². The van der Waals surface area contributed by atoms with E-state index in [4.69, 9.17) is 5.26 Å². The number of rotatable bonds is 3. The number of piperidine rings is 1. The van der Waals surface area contributed by atoms with Gasteiger partial charge in [0, 0.05) is 26.2 Å². The summed E-state index contributed by atoms with van der Waals surface area (Å²) in [6.45, 7) is 1.43. The van der Waals surface area contributed by atoms with Crippen LogP contribution in [0.15, 0.2) is 18.2 Å². The van der Waals surface area contributed by atoms with Gasteiger partial charge in [-0.1, -0.05) is 6.07 Å². The van der Waals surface area contributed by atoms with Crippen LogP contribution >= 0.6 is 0 Å². The molecule has 2 rings (SSSR count). The first-order chi connectivity index (χ1) is 9.41. The summed E-state index contributed by atoms with van der Waals surface area (Å²) in [5.74, 6) is 0.732. The third kappa shape index (κ3) is 3.26. The second-order valence-electron chi connectivity index (χ2n) is 5.01. The molecule has 0 aliphatic carbocycles. The number of pyridine rings is 1. The Hall–Kier alpha value is -1.65. The molecular formula is C13H18N4O2S. The fourth-order valence-electron chi connectivity index (χ4n) is 2.39. The quantitative estimate of drug-likeness (QED) is 0.824. The van der Waals surface area contributed by atoms with Gasteiger partial charge in [-0.25, -0.2) is 17.7 Å². The van der Waals surface area contributed by atoms with Gasteiger partial charge in [0.05, 0.1) is 6.26 Å². The van der Waals surface area contributed by atoms with E-state index >= 15 is 0 Å². The molecule has 1 aromatic heterocycles. The van der Waals surface area contributed by atoms with Crippen molar-refractivity contribution in [3.63, 3.8) is 0 Å². The fraction of sp³-hybridized carbons (Fsp3) is 0.538. The average Bonchev–Trinajstić information content (AvgIpc) is 2.45. The topological polar surface area (TPSA) is 77.3 Å². The van der Waals surface area contributed by atoms with Crippen molar-refractivity contribution in [2.75, 3.05) is 31.3 Å². The molecule has 0 aromatic carbocycles. The zero-order valence-corrected chi connectivity index (χ0v) is 12.5. The number of likely N-dealkylation sites (N-methyl/N-ethyl adjacent to an activating group) is 1. The summed E-state index contributed by atoms with van der Waals surface area (Å²) in [7, 11) is -1.57. The first kappa shape index (κ1) is 14.8. The predicted molar refractivity (Wildman–Crippen MR) is 76.8 cm³/mol. The second kappa shape index (κ2) is 5.77. The maximum atomic E-state index is 11.6. The molecule has 0 spiro atoms. The van der Waals surface area contributed by atoms with E-state index < -0.39 is 10.0 Å². The van der Waals surface area contributed by atoms with Gasteiger partial charge in [-0.2, -0.15) is 5.26 Å². The summed E-state index contributed by atoms with van der Waals surface area (Å²) in [4.78, 5) is 6.31. The van der Waals surface area contributed by atoms with E-state index in [1.54, 1.807) is 19.2 Å². The van der Waals surface area contributed by atoms with Gasteiger partial charge in [-0.3, -0.25) is 0 Å². The van der Waals surface area contributed by atoms with E-state index in [2.05, 4.69) is 4.98 Å². The summed E-state index contributed by atoms with van der Waals surface area (Å²) in [5.41, 5.74) is 0.376. The van der Waals surface area contributed by atoms with E-state index in [1.165, 1.54) is 10.6 Å². The van der Waals surface area contributed by atoms with Crippen molar-refractivity contribution in [3.8, 4) is 6.07 Å². The molecule has 0 saturated carbocycles. The summed E-state index contributed by atoms with van der Waals surface area (Å²) in [5, 5.41) is 8.89. The first-order valence-electron chi connectivity index (χ1n) is 6.47. The highest BCUT2D eigenvalue weighted by Gasteiger charge is 2.28. The highest BCUT2D eigenvalue weighted by molar-refractivity contribution is 7.88. The van der Waals surface area contributed by atoms with Gasteiger partial charge in [-0.05, 0) is 25.0 Å². The van der Waals surface area contributed by atoms with Gasteiger partial charge in [0.2, 0.25) is 10.0 Å². The van der Waals surface area contributed by atoms with Crippen LogP contribution in [0.1, 0.15) is 18.5 Å². The molecule has 1 aliphatic heterocycles. The Morgan fingerprint density at radius 1 is 1.50 bits per heavy atom. The number of anilines is 1. The normalized spacial score (nSPS) is 19.9. The van der Waals surface area contributed by atoms with Crippen molar-refractivity contribution in [1.29, 1.82) is 5.26 Å². The van der Waals surface area contributed by atoms with E-state index in [9.17, 15) is 8.42 Å². The standard InChI is InChI=1S/C13H18N4O2S/c1-16(20(2,18)19)12-6-4-8-17(10-12)13-7-3-5-11(9-14)15-13/h3,5,7,12H,4,6,8,10H2,1-2H3. The van der Waals surface area contributed by atoms with Gasteiger partial charge in [0.15, 0.2) is 0 Å². The van der Waals surface area contributed by atoms with E-state index in [0.717, 1.165) is 25.2 Å². The Labute approximate surface area is 119 Å². The van der Waals surface area contributed by atoms with Crippen molar-refractivity contribution >= 4 is 15.8 Å². The van der Waals surface area contributed by atoms with Gasteiger partial charge in [-0.15, -0.1) is 0 Å². The smallest absolute Gasteiger partial charge is 0.211 e. The van der Waals surface area contributed by atoms with Crippen LogP contribution in [0, 0.1) is 11.3 Å². The first-order valence-corrected chi connectivity index (χ1v) is 8.32. The number of nitriles is 1. The highest BCUT2D eigenvalue weighted by atomic mass is 32.2. The Morgan fingerprint density at radius 2 is 2.25 bits per heavy atom. The number of aromatic nitrogens is 1. The zero-order chi connectivity index (χ0) is 14.8. The van der Waals surface area contributed by atoms with Gasteiger partial charge in [0.25, 0.3) is 0 Å². The highest BCUT2D eigenvalue weighted by Crippen LogP contribution is 2.21. The lowest BCUT2D eigenvalue weighted by atomic mass is 10.1. The molecule has 20 heavy (non-hydrogen) atoms. The Morgan fingerprint density at radius 3 is 2.90 bits per heavy atom. The minimum absolute atomic E-state index is 0.0497. The second-order valence-corrected chi connectivity index (χ2v) is 7.06. The molecule has 0 N–H and O–H groups in total. The molecule has 0 amide bonds. The summed E-state index contributed by atoms with van der Waals surface area (Å²) in [6, 6.07) is 7.28. The minimum Gasteiger partial charge on any atom is -0.355 e. The van der Waals surface area contributed by atoms with Crippen molar-refractivity contribution in [2.45, 2.75) is 18.9 Å². The van der Waals surface area contributed by atoms with Gasteiger partial charge in [0.1, 0.15) is 17.6 Å². The molecule has 2 heterocycles. The average molecular weight is 294 g/mol. The lowest BCUT2D eigenvalue weighted by molar-refractivity contribution is 0.321. The third-order valence-electron chi connectivity index (χ3n) is 3.61. The van der Waals surface area contributed by atoms with Crippen LogP contribution in [0.4, 0.5) is 5.82 Å². The van der Waals surface area contributed by atoms with Crippen LogP contribution < -0.4 is 4.90 Å². The van der Waals surface area contributed by atoms with E-state index in [1.807, 2.05) is 17.0 Å². The number of hydrogen-bond donors (Lipinski definition) is 0. The molecule has 1 unspecified atom stereocenters. The zero-order valence-electron chi connectivity index (χ0n) is 11.7. The fourth-order valence-corrected chi connectivity index (χ4v) is 3.11. The molecule has 0 bridgehead atoms. The third-order valence-corrected chi connectivity index (χ3v) is 4.95. The van der Waals surface area contributed by atoms with E-state index in [-0.39, 0.29) is 6.04 Å². The molecule has 1 atom stereocenters. The molecular weight excluding hydrogens is 276 g/mol. The van der Waals surface area contributed by atoms with Crippen LogP contribution in [-0.2, 0) is 10.0 Å². The molecule has 1 aliphatic rings. The number of sulfonamides is 1. The minimum atomic E-state index is -3.19. The van der Waals surface area contributed by atoms with Gasteiger partial charge >= 0.3 is 0 Å². The largest absolute Gasteiger partial charge is 0.355 e. The number of nitrogens with zero attached hydrogens (tertiary/aromatic N) is 4. The molecule has 1 saturated heterocycles. The molecule has 108 valence electrons. The van der Waals surface area contributed by atoms with E-state index in [0.29, 0.717) is 12.2 Å². The molecule has 1 aromatic rings. The lowest BCUT2D eigenvalue weighted by Crippen LogP contribution is -2.48. The maximum Gasteiger partial charge on any atom is 0.211 e. The predicted octanol–water partition coefficient (Wildman–Crippen LogP) is 0.813. The molecule has 7 heteroatoms. The maximum absolute atomic E-state index is 11.6. The lowest BCUT2D eigenvalue weighted by Gasteiger charge is -2.37. The SMILES string of the molecule is CN(C1CCCN(c2cccc(C#N)n2)C1)S(C)(=O)=O. The van der Waals surface area contributed by atoms with Gasteiger partial charge < -0.3 is 4.90 Å². The Bertz CT molecular complexity index is 624. The van der Waals surface area contributed by atoms with Crippen molar-refractivity contribution in [3.05, 3.63) is 23.9 Å². The summed E-state index contributed by atoms with van der Waals surface area (Å²) >= 11 is 0. The van der Waals surface area contributed by atoms with Crippen LogP contribution in [0.5, 0.6) is 0 Å². The molecule has 0 radical (unpaired) electrons.